The van der Waals surface area contributed by atoms with Crippen LogP contribution < -0.4 is 5.73 Å². The summed E-state index contributed by atoms with van der Waals surface area (Å²) in [5.41, 5.74) is 6.60. The third kappa shape index (κ3) is 3.50. The summed E-state index contributed by atoms with van der Waals surface area (Å²) in [5, 5.41) is 0. The average Bonchev–Trinajstić information content (AvgIpc) is 2.28. The molecule has 2 nitrogen and oxygen atoms in total. The van der Waals surface area contributed by atoms with Crippen molar-refractivity contribution in [1.29, 1.82) is 0 Å². The number of ether oxygens (including phenoxy) is 1. The minimum absolute atomic E-state index is 0.177. The van der Waals surface area contributed by atoms with Gasteiger partial charge < -0.3 is 10.5 Å². The molecule has 96 valence electrons. The first kappa shape index (κ1) is 14.6. The van der Waals surface area contributed by atoms with Gasteiger partial charge in [0.1, 0.15) is 5.82 Å². The third-order valence-corrected chi connectivity index (χ3v) is 3.32. The normalized spacial score (nSPS) is 15.0. The second-order valence-corrected chi connectivity index (χ2v) is 5.19. The van der Waals surface area contributed by atoms with Gasteiger partial charge in [0.2, 0.25) is 0 Å². The highest BCUT2D eigenvalue weighted by atomic mass is 79.9. The third-order valence-electron chi connectivity index (χ3n) is 2.71. The van der Waals surface area contributed by atoms with Crippen LogP contribution in [0.15, 0.2) is 22.7 Å². The van der Waals surface area contributed by atoms with E-state index in [-0.39, 0.29) is 17.8 Å². The van der Waals surface area contributed by atoms with Crippen LogP contribution in [-0.2, 0) is 4.74 Å². The summed E-state index contributed by atoms with van der Waals surface area (Å²) in [6.45, 7) is 6.54. The van der Waals surface area contributed by atoms with Crippen molar-refractivity contribution >= 4 is 15.9 Å². The quantitative estimate of drug-likeness (QED) is 0.901. The molecule has 0 spiro atoms. The maximum absolute atomic E-state index is 13.9. The lowest BCUT2D eigenvalue weighted by Crippen LogP contribution is -2.34. The summed E-state index contributed by atoms with van der Waals surface area (Å²) >= 11 is 3.17. The molecule has 0 amide bonds. The van der Waals surface area contributed by atoms with E-state index in [0.29, 0.717) is 16.6 Å². The summed E-state index contributed by atoms with van der Waals surface area (Å²) in [6.07, 6.45) is -0.177. The molecule has 2 N–H and O–H groups in total. The summed E-state index contributed by atoms with van der Waals surface area (Å²) in [4.78, 5) is 0. The van der Waals surface area contributed by atoms with Crippen molar-refractivity contribution in [3.8, 4) is 0 Å². The van der Waals surface area contributed by atoms with Crippen molar-refractivity contribution in [3.63, 3.8) is 0 Å². The van der Waals surface area contributed by atoms with Gasteiger partial charge in [-0.15, -0.1) is 0 Å². The number of halogens is 2. The Morgan fingerprint density at radius 3 is 2.59 bits per heavy atom. The Bertz CT molecular complexity index is 370. The Kier molecular flexibility index (Phi) is 5.56. The van der Waals surface area contributed by atoms with Gasteiger partial charge in [0, 0.05) is 12.2 Å². The second-order valence-electron chi connectivity index (χ2n) is 4.33. The average molecular weight is 304 g/mol. The van der Waals surface area contributed by atoms with E-state index in [0.717, 1.165) is 0 Å². The lowest BCUT2D eigenvalue weighted by molar-refractivity contribution is 0.0114. The molecule has 0 aromatic heterocycles. The van der Waals surface area contributed by atoms with E-state index in [4.69, 9.17) is 10.5 Å². The first-order chi connectivity index (χ1) is 7.99. The largest absolute Gasteiger partial charge is 0.376 e. The molecule has 1 rings (SSSR count). The molecule has 4 heteroatoms. The smallest absolute Gasteiger partial charge is 0.142 e. The minimum atomic E-state index is -0.451. The van der Waals surface area contributed by atoms with Gasteiger partial charge in [-0.25, -0.2) is 4.39 Å². The summed E-state index contributed by atoms with van der Waals surface area (Å²) in [5.74, 6) is -0.0614. The van der Waals surface area contributed by atoms with Gasteiger partial charge in [0.25, 0.3) is 0 Å². The molecular formula is C13H19BrFNO. The van der Waals surface area contributed by atoms with Crippen LogP contribution in [0, 0.1) is 11.7 Å². The molecule has 0 aliphatic rings. The Balaban J connectivity index is 3.00. The highest BCUT2D eigenvalue weighted by molar-refractivity contribution is 9.10. The van der Waals surface area contributed by atoms with E-state index in [2.05, 4.69) is 15.9 Å². The minimum Gasteiger partial charge on any atom is -0.376 e. The number of rotatable bonds is 5. The van der Waals surface area contributed by atoms with Crippen LogP contribution >= 0.6 is 15.9 Å². The van der Waals surface area contributed by atoms with E-state index in [1.165, 1.54) is 0 Å². The molecule has 0 aliphatic carbocycles. The van der Waals surface area contributed by atoms with Crippen LogP contribution in [0.25, 0.3) is 0 Å². The molecule has 0 heterocycles. The molecule has 2 atom stereocenters. The Morgan fingerprint density at radius 1 is 1.41 bits per heavy atom. The first-order valence-electron chi connectivity index (χ1n) is 5.80. The summed E-state index contributed by atoms with van der Waals surface area (Å²) in [6, 6.07) is 4.70. The molecule has 0 saturated carbocycles. The summed E-state index contributed by atoms with van der Waals surface area (Å²) in [7, 11) is 0. The highest BCUT2D eigenvalue weighted by Gasteiger charge is 2.25. The van der Waals surface area contributed by atoms with Gasteiger partial charge in [0.05, 0.1) is 16.6 Å². The van der Waals surface area contributed by atoms with Crippen molar-refractivity contribution in [1.82, 2.24) is 0 Å². The fourth-order valence-corrected chi connectivity index (χ4v) is 2.24. The van der Waals surface area contributed by atoms with Crippen molar-refractivity contribution in [3.05, 3.63) is 34.1 Å². The Labute approximate surface area is 110 Å². The van der Waals surface area contributed by atoms with Crippen LogP contribution in [0.5, 0.6) is 0 Å². The zero-order chi connectivity index (χ0) is 13.0. The number of nitrogens with two attached hydrogens (primary N) is 1. The lowest BCUT2D eigenvalue weighted by atomic mass is 9.94. The van der Waals surface area contributed by atoms with E-state index < -0.39 is 6.04 Å². The zero-order valence-corrected chi connectivity index (χ0v) is 12.0. The molecule has 1 aromatic rings. The molecule has 1 aromatic carbocycles. The van der Waals surface area contributed by atoms with Gasteiger partial charge in [0.15, 0.2) is 0 Å². The van der Waals surface area contributed by atoms with Crippen LogP contribution in [0.2, 0.25) is 0 Å². The first-order valence-corrected chi connectivity index (χ1v) is 6.59. The van der Waals surface area contributed by atoms with Gasteiger partial charge in [-0.2, -0.15) is 0 Å². The van der Waals surface area contributed by atoms with Crippen molar-refractivity contribution in [2.75, 3.05) is 6.61 Å². The monoisotopic (exact) mass is 303 g/mol. The standard InChI is InChI=1S/C13H19BrFNO/c1-4-17-13(8(2)3)12(16)9-6-5-7-10(14)11(9)15/h5-8,12-13H,4,16H2,1-3H3. The van der Waals surface area contributed by atoms with Crippen molar-refractivity contribution < 1.29 is 9.13 Å². The predicted octanol–water partition coefficient (Wildman–Crippen LogP) is 3.65. The Morgan fingerprint density at radius 2 is 2.06 bits per heavy atom. The van der Waals surface area contributed by atoms with Gasteiger partial charge in [-0.05, 0) is 34.8 Å². The lowest BCUT2D eigenvalue weighted by Gasteiger charge is -2.27. The fraction of sp³-hybridized carbons (Fsp3) is 0.538. The molecular weight excluding hydrogens is 285 g/mol. The molecule has 2 unspecified atom stereocenters. The van der Waals surface area contributed by atoms with E-state index in [9.17, 15) is 4.39 Å². The molecule has 17 heavy (non-hydrogen) atoms. The molecule has 0 radical (unpaired) electrons. The highest BCUT2D eigenvalue weighted by Crippen LogP contribution is 2.28. The predicted molar refractivity (Wildman–Crippen MR) is 71.3 cm³/mol. The van der Waals surface area contributed by atoms with E-state index >= 15 is 0 Å². The maximum atomic E-state index is 13.9. The molecule has 0 fully saturated rings. The van der Waals surface area contributed by atoms with Crippen LogP contribution in [0.4, 0.5) is 4.39 Å². The van der Waals surface area contributed by atoms with Gasteiger partial charge >= 0.3 is 0 Å². The SMILES string of the molecule is CCOC(C(C)C)C(N)c1cccc(Br)c1F. The number of hydrogen-bond acceptors (Lipinski definition) is 2. The van der Waals surface area contributed by atoms with E-state index in [1.54, 1.807) is 18.2 Å². The number of hydrogen-bond donors (Lipinski definition) is 1. The molecule has 0 bridgehead atoms. The molecule has 0 saturated heterocycles. The van der Waals surface area contributed by atoms with Gasteiger partial charge in [-0.1, -0.05) is 26.0 Å². The zero-order valence-electron chi connectivity index (χ0n) is 10.4. The topological polar surface area (TPSA) is 35.2 Å². The van der Waals surface area contributed by atoms with Crippen LogP contribution in [0.1, 0.15) is 32.4 Å². The molecule has 0 aliphatic heterocycles. The second kappa shape index (κ2) is 6.47. The van der Waals surface area contributed by atoms with Crippen molar-refractivity contribution in [2.24, 2.45) is 11.7 Å². The number of benzene rings is 1. The maximum Gasteiger partial charge on any atom is 0.142 e. The van der Waals surface area contributed by atoms with Crippen LogP contribution in [-0.4, -0.2) is 12.7 Å². The van der Waals surface area contributed by atoms with Crippen LogP contribution in [0.3, 0.4) is 0 Å². The Hall–Kier alpha value is -0.450. The van der Waals surface area contributed by atoms with Gasteiger partial charge in [-0.3, -0.25) is 0 Å². The van der Waals surface area contributed by atoms with Crippen molar-refractivity contribution in [2.45, 2.75) is 32.9 Å². The fourth-order valence-electron chi connectivity index (χ4n) is 1.86. The van der Waals surface area contributed by atoms with E-state index in [1.807, 2.05) is 20.8 Å². The summed E-state index contributed by atoms with van der Waals surface area (Å²) < 4.78 is 20.0.